The highest BCUT2D eigenvalue weighted by Gasteiger charge is 2.26. The normalized spacial score (nSPS) is 14.7. The number of amides is 1. The average Bonchev–Trinajstić information content (AvgIpc) is 2.15. The molecule has 0 saturated carbocycles. The molecule has 0 rings (SSSR count). The zero-order valence-corrected chi connectivity index (χ0v) is 11.9. The summed E-state index contributed by atoms with van der Waals surface area (Å²) in [4.78, 5) is 11.9. The predicted molar refractivity (Wildman–Crippen MR) is 69.5 cm³/mol. The Bertz CT molecular complexity index is 227. The standard InChI is InChI=1S/C13H28N2O/c1-8-13(7,9-2)14-10(3)11(16)15-12(4,5)6/h10,14H,8-9H2,1-7H3,(H,15,16). The molecule has 3 heteroatoms. The van der Waals surface area contributed by atoms with Gasteiger partial charge in [0, 0.05) is 11.1 Å². The van der Waals surface area contributed by atoms with Crippen LogP contribution in [-0.4, -0.2) is 23.0 Å². The summed E-state index contributed by atoms with van der Waals surface area (Å²) in [6.07, 6.45) is 2.05. The lowest BCUT2D eigenvalue weighted by Crippen LogP contribution is -2.55. The van der Waals surface area contributed by atoms with Gasteiger partial charge in [-0.05, 0) is 47.5 Å². The van der Waals surface area contributed by atoms with E-state index in [9.17, 15) is 4.79 Å². The Kier molecular flexibility index (Phi) is 5.47. The Balaban J connectivity index is 4.36. The number of carbonyl (C=O) groups is 1. The second-order valence-electron chi connectivity index (χ2n) is 5.87. The largest absolute Gasteiger partial charge is 0.350 e. The molecule has 0 aromatic heterocycles. The van der Waals surface area contributed by atoms with Crippen LogP contribution in [0.4, 0.5) is 0 Å². The molecule has 0 aliphatic carbocycles. The van der Waals surface area contributed by atoms with Crippen molar-refractivity contribution in [3.63, 3.8) is 0 Å². The van der Waals surface area contributed by atoms with Crippen LogP contribution in [0.1, 0.15) is 61.3 Å². The minimum atomic E-state index is -0.165. The van der Waals surface area contributed by atoms with Crippen molar-refractivity contribution in [3.05, 3.63) is 0 Å². The molecule has 1 amide bonds. The maximum Gasteiger partial charge on any atom is 0.237 e. The van der Waals surface area contributed by atoms with Gasteiger partial charge in [0.1, 0.15) is 0 Å². The first-order valence-electron chi connectivity index (χ1n) is 6.23. The minimum Gasteiger partial charge on any atom is -0.350 e. The smallest absolute Gasteiger partial charge is 0.237 e. The summed E-state index contributed by atoms with van der Waals surface area (Å²) in [5.41, 5.74) is -0.115. The van der Waals surface area contributed by atoms with Crippen molar-refractivity contribution >= 4 is 5.91 Å². The van der Waals surface area contributed by atoms with E-state index < -0.39 is 0 Å². The summed E-state index contributed by atoms with van der Waals surface area (Å²) in [5, 5.41) is 6.39. The zero-order chi connectivity index (χ0) is 13.0. The molecule has 1 atom stereocenters. The molecule has 0 bridgehead atoms. The van der Waals surface area contributed by atoms with Gasteiger partial charge in [-0.15, -0.1) is 0 Å². The second-order valence-corrected chi connectivity index (χ2v) is 5.87. The van der Waals surface area contributed by atoms with Crippen molar-refractivity contribution in [2.24, 2.45) is 0 Å². The van der Waals surface area contributed by atoms with Crippen LogP contribution < -0.4 is 10.6 Å². The first-order chi connectivity index (χ1) is 7.13. The molecule has 0 aromatic carbocycles. The van der Waals surface area contributed by atoms with E-state index >= 15 is 0 Å². The molecule has 96 valence electrons. The van der Waals surface area contributed by atoms with E-state index in [0.29, 0.717) is 0 Å². The molecule has 3 nitrogen and oxygen atoms in total. The summed E-state index contributed by atoms with van der Waals surface area (Å²) in [7, 11) is 0. The van der Waals surface area contributed by atoms with Crippen LogP contribution >= 0.6 is 0 Å². The third-order valence-corrected chi connectivity index (χ3v) is 3.02. The molecule has 0 aliphatic heterocycles. The van der Waals surface area contributed by atoms with Crippen molar-refractivity contribution in [2.45, 2.75) is 78.4 Å². The molecular weight excluding hydrogens is 200 g/mol. The molecule has 0 heterocycles. The first-order valence-corrected chi connectivity index (χ1v) is 6.23. The quantitative estimate of drug-likeness (QED) is 0.759. The maximum absolute atomic E-state index is 11.9. The van der Waals surface area contributed by atoms with Gasteiger partial charge in [0.05, 0.1) is 6.04 Å². The van der Waals surface area contributed by atoms with Crippen molar-refractivity contribution in [3.8, 4) is 0 Å². The molecule has 0 saturated heterocycles. The van der Waals surface area contributed by atoms with Crippen molar-refractivity contribution in [2.75, 3.05) is 0 Å². The average molecular weight is 228 g/mol. The Morgan fingerprint density at radius 3 is 1.88 bits per heavy atom. The Labute approximate surface area is 100 Å². The van der Waals surface area contributed by atoms with E-state index in [2.05, 4.69) is 31.4 Å². The molecule has 0 aromatic rings. The molecule has 0 spiro atoms. The third kappa shape index (κ3) is 5.50. The molecule has 0 aliphatic rings. The van der Waals surface area contributed by atoms with E-state index in [1.165, 1.54) is 0 Å². The van der Waals surface area contributed by atoms with Gasteiger partial charge in [0.2, 0.25) is 5.91 Å². The Morgan fingerprint density at radius 1 is 1.12 bits per heavy atom. The van der Waals surface area contributed by atoms with E-state index in [-0.39, 0.29) is 23.0 Å². The first kappa shape index (κ1) is 15.4. The van der Waals surface area contributed by atoms with Crippen LogP contribution in [-0.2, 0) is 4.79 Å². The molecule has 2 N–H and O–H groups in total. The summed E-state index contributed by atoms with van der Waals surface area (Å²) in [6.45, 7) is 14.4. The minimum absolute atomic E-state index is 0.0502. The van der Waals surface area contributed by atoms with Gasteiger partial charge in [-0.2, -0.15) is 0 Å². The van der Waals surface area contributed by atoms with Gasteiger partial charge in [-0.25, -0.2) is 0 Å². The molecular formula is C13H28N2O. The highest BCUT2D eigenvalue weighted by atomic mass is 16.2. The highest BCUT2D eigenvalue weighted by molar-refractivity contribution is 5.82. The summed E-state index contributed by atoms with van der Waals surface area (Å²) < 4.78 is 0. The van der Waals surface area contributed by atoms with Crippen LogP contribution in [0.25, 0.3) is 0 Å². The SMILES string of the molecule is CCC(C)(CC)NC(C)C(=O)NC(C)(C)C. The highest BCUT2D eigenvalue weighted by Crippen LogP contribution is 2.14. The van der Waals surface area contributed by atoms with Crippen molar-refractivity contribution < 1.29 is 4.79 Å². The lowest BCUT2D eigenvalue weighted by Gasteiger charge is -2.33. The van der Waals surface area contributed by atoms with Crippen LogP contribution in [0.5, 0.6) is 0 Å². The number of carbonyl (C=O) groups excluding carboxylic acids is 1. The molecule has 1 unspecified atom stereocenters. The third-order valence-electron chi connectivity index (χ3n) is 3.02. The van der Waals surface area contributed by atoms with Gasteiger partial charge in [0.25, 0.3) is 0 Å². The Morgan fingerprint density at radius 2 is 1.56 bits per heavy atom. The lowest BCUT2D eigenvalue weighted by atomic mass is 9.94. The van der Waals surface area contributed by atoms with E-state index in [1.807, 2.05) is 27.7 Å². The van der Waals surface area contributed by atoms with Crippen LogP contribution in [0.3, 0.4) is 0 Å². The van der Waals surface area contributed by atoms with E-state index in [1.54, 1.807) is 0 Å². The van der Waals surface area contributed by atoms with Gasteiger partial charge in [0.15, 0.2) is 0 Å². The van der Waals surface area contributed by atoms with E-state index in [4.69, 9.17) is 0 Å². The van der Waals surface area contributed by atoms with Crippen LogP contribution in [0, 0.1) is 0 Å². The predicted octanol–water partition coefficient (Wildman–Crippen LogP) is 2.46. The van der Waals surface area contributed by atoms with Crippen molar-refractivity contribution in [1.82, 2.24) is 10.6 Å². The number of rotatable bonds is 5. The Hall–Kier alpha value is -0.570. The van der Waals surface area contributed by atoms with E-state index in [0.717, 1.165) is 12.8 Å². The molecule has 0 fully saturated rings. The fourth-order valence-electron chi connectivity index (χ4n) is 1.52. The van der Waals surface area contributed by atoms with Crippen LogP contribution in [0.2, 0.25) is 0 Å². The fraction of sp³-hybridized carbons (Fsp3) is 0.923. The lowest BCUT2D eigenvalue weighted by molar-refractivity contribution is -0.124. The summed E-state index contributed by atoms with van der Waals surface area (Å²) >= 11 is 0. The van der Waals surface area contributed by atoms with Gasteiger partial charge < -0.3 is 10.6 Å². The van der Waals surface area contributed by atoms with Crippen molar-refractivity contribution in [1.29, 1.82) is 0 Å². The topological polar surface area (TPSA) is 41.1 Å². The molecule has 0 radical (unpaired) electrons. The molecule has 16 heavy (non-hydrogen) atoms. The van der Waals surface area contributed by atoms with Gasteiger partial charge >= 0.3 is 0 Å². The second kappa shape index (κ2) is 5.67. The number of nitrogens with one attached hydrogen (secondary N) is 2. The summed E-state index contributed by atoms with van der Waals surface area (Å²) in [6, 6.07) is -0.149. The van der Waals surface area contributed by atoms with Gasteiger partial charge in [-0.1, -0.05) is 13.8 Å². The van der Waals surface area contributed by atoms with Gasteiger partial charge in [-0.3, -0.25) is 4.79 Å². The monoisotopic (exact) mass is 228 g/mol. The zero-order valence-electron chi connectivity index (χ0n) is 11.9. The number of hydrogen-bond acceptors (Lipinski definition) is 2. The number of hydrogen-bond donors (Lipinski definition) is 2. The fourth-order valence-corrected chi connectivity index (χ4v) is 1.52. The van der Waals surface area contributed by atoms with Crippen LogP contribution in [0.15, 0.2) is 0 Å². The maximum atomic E-state index is 11.9. The summed E-state index contributed by atoms with van der Waals surface area (Å²) in [5.74, 6) is 0.0700.